The van der Waals surface area contributed by atoms with Crippen molar-refractivity contribution in [1.82, 2.24) is 0 Å². The molecule has 18 heavy (non-hydrogen) atoms. The van der Waals surface area contributed by atoms with Crippen LogP contribution in [0.3, 0.4) is 0 Å². The first-order valence-corrected chi connectivity index (χ1v) is 6.67. The Balaban J connectivity index is 2.29. The highest BCUT2D eigenvalue weighted by Gasteiger charge is 2.27. The molecule has 0 bridgehead atoms. The fourth-order valence-corrected chi connectivity index (χ4v) is 2.81. The van der Waals surface area contributed by atoms with Crippen LogP contribution in [0.2, 0.25) is 5.02 Å². The van der Waals surface area contributed by atoms with Crippen LogP contribution in [0.1, 0.15) is 36.0 Å². The van der Waals surface area contributed by atoms with E-state index in [1.807, 2.05) is 11.9 Å². The highest BCUT2D eigenvalue weighted by Crippen LogP contribution is 2.30. The summed E-state index contributed by atoms with van der Waals surface area (Å²) in [6.07, 6.45) is 4.46. The number of hydrogen-bond donors (Lipinski definition) is 1. The van der Waals surface area contributed by atoms with Crippen molar-refractivity contribution in [2.75, 3.05) is 11.9 Å². The molecule has 2 rings (SSSR count). The van der Waals surface area contributed by atoms with Crippen LogP contribution in [0.15, 0.2) is 18.2 Å². The second-order valence-corrected chi connectivity index (χ2v) is 5.29. The standard InChI is InChI=1S/C14H18ClNO2/c1-16(12-4-2-3-5-14(12)18)13-8-11(15)7-6-10(13)9-17/h6-9,12,14,18H,2-5H2,1H3. The molecule has 1 N–H and O–H groups in total. The van der Waals surface area contributed by atoms with E-state index >= 15 is 0 Å². The number of rotatable bonds is 3. The molecule has 1 aromatic rings. The number of nitrogens with zero attached hydrogens (tertiary/aromatic N) is 1. The lowest BCUT2D eigenvalue weighted by Gasteiger charge is -2.37. The lowest BCUT2D eigenvalue weighted by molar-refractivity contribution is 0.105. The zero-order chi connectivity index (χ0) is 13.1. The van der Waals surface area contributed by atoms with Gasteiger partial charge in [0.05, 0.1) is 12.1 Å². The van der Waals surface area contributed by atoms with Gasteiger partial charge in [-0.25, -0.2) is 0 Å². The van der Waals surface area contributed by atoms with Crippen LogP contribution in [0.4, 0.5) is 5.69 Å². The first-order chi connectivity index (χ1) is 8.63. The maximum absolute atomic E-state index is 11.1. The third kappa shape index (κ3) is 2.68. The lowest BCUT2D eigenvalue weighted by atomic mass is 9.91. The van der Waals surface area contributed by atoms with Crippen LogP contribution in [0, 0.1) is 0 Å². The molecule has 0 aromatic heterocycles. The van der Waals surface area contributed by atoms with E-state index in [-0.39, 0.29) is 12.1 Å². The molecule has 0 aliphatic heterocycles. The van der Waals surface area contributed by atoms with Gasteiger partial charge in [0, 0.05) is 23.3 Å². The molecule has 0 amide bonds. The lowest BCUT2D eigenvalue weighted by Crippen LogP contribution is -2.43. The molecule has 4 heteroatoms. The van der Waals surface area contributed by atoms with Crippen LogP contribution in [0.25, 0.3) is 0 Å². The van der Waals surface area contributed by atoms with Gasteiger partial charge in [-0.05, 0) is 31.0 Å². The summed E-state index contributed by atoms with van der Waals surface area (Å²) in [7, 11) is 1.91. The summed E-state index contributed by atoms with van der Waals surface area (Å²) in [5, 5.41) is 10.7. The molecule has 98 valence electrons. The number of hydrogen-bond acceptors (Lipinski definition) is 3. The maximum Gasteiger partial charge on any atom is 0.152 e. The molecule has 2 unspecified atom stereocenters. The van der Waals surface area contributed by atoms with E-state index in [2.05, 4.69) is 0 Å². The molecule has 0 radical (unpaired) electrons. The second kappa shape index (κ2) is 5.72. The molecule has 1 fully saturated rings. The van der Waals surface area contributed by atoms with E-state index in [1.165, 1.54) is 0 Å². The smallest absolute Gasteiger partial charge is 0.152 e. The van der Waals surface area contributed by atoms with E-state index in [4.69, 9.17) is 11.6 Å². The van der Waals surface area contributed by atoms with Gasteiger partial charge in [0.15, 0.2) is 6.29 Å². The van der Waals surface area contributed by atoms with Crippen molar-refractivity contribution in [3.05, 3.63) is 28.8 Å². The van der Waals surface area contributed by atoms with Crippen molar-refractivity contribution in [1.29, 1.82) is 0 Å². The number of likely N-dealkylation sites (N-methyl/N-ethyl adjacent to an activating group) is 1. The summed E-state index contributed by atoms with van der Waals surface area (Å²) in [5.74, 6) is 0. The normalized spacial score (nSPS) is 23.7. The number of aliphatic hydroxyl groups is 1. The van der Waals surface area contributed by atoms with Crippen molar-refractivity contribution in [2.45, 2.75) is 37.8 Å². The molecule has 1 aromatic carbocycles. The minimum Gasteiger partial charge on any atom is -0.391 e. The third-order valence-electron chi connectivity index (χ3n) is 3.69. The minimum absolute atomic E-state index is 0.0657. The van der Waals surface area contributed by atoms with Gasteiger partial charge < -0.3 is 10.0 Å². The first-order valence-electron chi connectivity index (χ1n) is 6.29. The van der Waals surface area contributed by atoms with Crippen LogP contribution in [-0.2, 0) is 0 Å². The highest BCUT2D eigenvalue weighted by molar-refractivity contribution is 6.31. The zero-order valence-corrected chi connectivity index (χ0v) is 11.2. The molecule has 0 heterocycles. The van der Waals surface area contributed by atoms with Crippen molar-refractivity contribution in [2.24, 2.45) is 0 Å². The predicted octanol–water partition coefficient (Wildman–Crippen LogP) is 2.89. The van der Waals surface area contributed by atoms with Crippen molar-refractivity contribution in [3.63, 3.8) is 0 Å². The van der Waals surface area contributed by atoms with E-state index in [0.29, 0.717) is 10.6 Å². The minimum atomic E-state index is -0.331. The Kier molecular flexibility index (Phi) is 4.25. The van der Waals surface area contributed by atoms with Crippen LogP contribution in [-0.4, -0.2) is 30.6 Å². The average molecular weight is 268 g/mol. The summed E-state index contributed by atoms with van der Waals surface area (Å²) in [6, 6.07) is 5.28. The number of carbonyl (C=O) groups is 1. The summed E-state index contributed by atoms with van der Waals surface area (Å²) in [6.45, 7) is 0. The Morgan fingerprint density at radius 3 is 2.78 bits per heavy atom. The Labute approximate surface area is 112 Å². The molecule has 1 aliphatic rings. The van der Waals surface area contributed by atoms with Crippen molar-refractivity contribution in [3.8, 4) is 0 Å². The van der Waals surface area contributed by atoms with Crippen LogP contribution >= 0.6 is 11.6 Å². The molecule has 3 nitrogen and oxygen atoms in total. The number of carbonyl (C=O) groups excluding carboxylic acids is 1. The molecular weight excluding hydrogens is 250 g/mol. The fourth-order valence-electron chi connectivity index (χ4n) is 2.64. The van der Waals surface area contributed by atoms with E-state index in [1.54, 1.807) is 18.2 Å². The summed E-state index contributed by atoms with van der Waals surface area (Å²) in [5.41, 5.74) is 1.41. The van der Waals surface area contributed by atoms with Crippen LogP contribution in [0.5, 0.6) is 0 Å². The molecule has 0 spiro atoms. The van der Waals surface area contributed by atoms with Gasteiger partial charge in [-0.2, -0.15) is 0 Å². The highest BCUT2D eigenvalue weighted by atomic mass is 35.5. The number of aldehydes is 1. The molecule has 1 saturated carbocycles. The number of anilines is 1. The monoisotopic (exact) mass is 267 g/mol. The third-order valence-corrected chi connectivity index (χ3v) is 3.93. The van der Waals surface area contributed by atoms with Gasteiger partial charge >= 0.3 is 0 Å². The van der Waals surface area contributed by atoms with Gasteiger partial charge in [0.1, 0.15) is 0 Å². The largest absolute Gasteiger partial charge is 0.391 e. The van der Waals surface area contributed by atoms with Crippen molar-refractivity contribution < 1.29 is 9.90 Å². The topological polar surface area (TPSA) is 40.5 Å². The van der Waals surface area contributed by atoms with E-state index < -0.39 is 0 Å². The molecule has 1 aliphatic carbocycles. The SMILES string of the molecule is CN(c1cc(Cl)ccc1C=O)C1CCCCC1O. The van der Waals surface area contributed by atoms with E-state index in [0.717, 1.165) is 37.7 Å². The first kappa shape index (κ1) is 13.4. The van der Waals surface area contributed by atoms with Crippen LogP contribution < -0.4 is 4.90 Å². The Morgan fingerprint density at radius 1 is 1.39 bits per heavy atom. The molecule has 0 saturated heterocycles. The average Bonchev–Trinajstić information content (AvgIpc) is 2.38. The molecule has 2 atom stereocenters. The number of benzene rings is 1. The van der Waals surface area contributed by atoms with Crippen molar-refractivity contribution >= 4 is 23.6 Å². The van der Waals surface area contributed by atoms with Gasteiger partial charge in [-0.1, -0.05) is 24.4 Å². The second-order valence-electron chi connectivity index (χ2n) is 4.85. The Hall–Kier alpha value is -1.06. The van der Waals surface area contributed by atoms with Gasteiger partial charge in [-0.3, -0.25) is 4.79 Å². The Morgan fingerprint density at radius 2 is 2.11 bits per heavy atom. The zero-order valence-electron chi connectivity index (χ0n) is 10.5. The summed E-state index contributed by atoms with van der Waals surface area (Å²) >= 11 is 5.99. The number of halogens is 1. The number of aliphatic hydroxyl groups excluding tert-OH is 1. The summed E-state index contributed by atoms with van der Waals surface area (Å²) < 4.78 is 0. The van der Waals surface area contributed by atoms with Gasteiger partial charge in [0.25, 0.3) is 0 Å². The van der Waals surface area contributed by atoms with E-state index in [9.17, 15) is 9.90 Å². The maximum atomic E-state index is 11.1. The quantitative estimate of drug-likeness (QED) is 0.856. The van der Waals surface area contributed by atoms with Gasteiger partial charge in [-0.15, -0.1) is 0 Å². The molecular formula is C14H18ClNO2. The Bertz CT molecular complexity index is 436. The predicted molar refractivity (Wildman–Crippen MR) is 73.5 cm³/mol. The van der Waals surface area contributed by atoms with Gasteiger partial charge in [0.2, 0.25) is 0 Å². The summed E-state index contributed by atoms with van der Waals surface area (Å²) in [4.78, 5) is 13.1. The fraction of sp³-hybridized carbons (Fsp3) is 0.500.